The summed E-state index contributed by atoms with van der Waals surface area (Å²) >= 11 is 6.51. The zero-order valence-corrected chi connectivity index (χ0v) is 16.4. The zero-order chi connectivity index (χ0) is 19.7. The molecular formula is C19H21ClN6O2. The molecule has 2 aromatic heterocycles. The van der Waals surface area contributed by atoms with Gasteiger partial charge in [-0.3, -0.25) is 4.79 Å². The lowest BCUT2D eigenvalue weighted by Gasteiger charge is -2.21. The van der Waals surface area contributed by atoms with E-state index in [1.54, 1.807) is 13.4 Å². The third-order valence-electron chi connectivity index (χ3n) is 5.09. The highest BCUT2D eigenvalue weighted by Crippen LogP contribution is 2.40. The molecule has 0 bridgehead atoms. The van der Waals surface area contributed by atoms with E-state index in [4.69, 9.17) is 16.3 Å². The number of nitrogens with zero attached hydrogens (tertiary/aromatic N) is 3. The zero-order valence-electron chi connectivity index (χ0n) is 15.7. The van der Waals surface area contributed by atoms with Crippen molar-refractivity contribution in [1.82, 2.24) is 25.3 Å². The monoisotopic (exact) mass is 400 g/mol. The van der Waals surface area contributed by atoms with E-state index < -0.39 is 0 Å². The molecule has 1 amide bonds. The van der Waals surface area contributed by atoms with Crippen molar-refractivity contribution in [1.29, 1.82) is 0 Å². The molecule has 3 aromatic rings. The summed E-state index contributed by atoms with van der Waals surface area (Å²) in [6.45, 7) is 3.20. The molecule has 4 rings (SSSR count). The molecule has 28 heavy (non-hydrogen) atoms. The number of benzene rings is 1. The van der Waals surface area contributed by atoms with Crippen LogP contribution in [0.2, 0.25) is 5.02 Å². The van der Waals surface area contributed by atoms with Crippen LogP contribution < -0.4 is 15.4 Å². The Morgan fingerprint density at radius 2 is 2.21 bits per heavy atom. The number of amides is 1. The fourth-order valence-corrected chi connectivity index (χ4v) is 3.97. The maximum atomic E-state index is 11.7. The van der Waals surface area contributed by atoms with Gasteiger partial charge in [-0.2, -0.15) is 0 Å². The summed E-state index contributed by atoms with van der Waals surface area (Å²) in [5.74, 6) is 1.60. The number of methoxy groups -OCH3 is 1. The molecule has 3 heterocycles. The van der Waals surface area contributed by atoms with Crippen LogP contribution in [0.15, 0.2) is 18.7 Å². The van der Waals surface area contributed by atoms with Crippen molar-refractivity contribution in [3.63, 3.8) is 0 Å². The molecule has 1 fully saturated rings. The molecular weight excluding hydrogens is 380 g/mol. The van der Waals surface area contributed by atoms with E-state index >= 15 is 0 Å². The molecule has 0 saturated carbocycles. The first-order chi connectivity index (χ1) is 13.6. The van der Waals surface area contributed by atoms with Gasteiger partial charge in [-0.1, -0.05) is 11.6 Å². The highest BCUT2D eigenvalue weighted by molar-refractivity contribution is 6.31. The van der Waals surface area contributed by atoms with Gasteiger partial charge in [0, 0.05) is 36.0 Å². The number of nitrogens with one attached hydrogen (secondary N) is 3. The fourth-order valence-electron chi connectivity index (χ4n) is 3.74. The summed E-state index contributed by atoms with van der Waals surface area (Å²) in [6.07, 6.45) is 4.22. The number of carbonyl (C=O) groups is 1. The van der Waals surface area contributed by atoms with Crippen LogP contribution in [0, 0.1) is 6.92 Å². The van der Waals surface area contributed by atoms with Crippen molar-refractivity contribution >= 4 is 34.5 Å². The van der Waals surface area contributed by atoms with Gasteiger partial charge in [0.05, 0.1) is 13.4 Å². The number of H-pyrrole nitrogens is 1. The second-order valence-electron chi connectivity index (χ2n) is 6.79. The highest BCUT2D eigenvalue weighted by atomic mass is 35.5. The van der Waals surface area contributed by atoms with Crippen LogP contribution in [0.5, 0.6) is 5.75 Å². The van der Waals surface area contributed by atoms with E-state index in [0.29, 0.717) is 47.9 Å². The van der Waals surface area contributed by atoms with Gasteiger partial charge in [0.25, 0.3) is 0 Å². The topological polar surface area (TPSA) is 105 Å². The first kappa shape index (κ1) is 18.5. The lowest BCUT2D eigenvalue weighted by Crippen LogP contribution is -2.14. The average molecular weight is 401 g/mol. The lowest BCUT2D eigenvalue weighted by atomic mass is 9.90. The van der Waals surface area contributed by atoms with Gasteiger partial charge in [-0.25, -0.2) is 15.0 Å². The maximum Gasteiger partial charge on any atom is 0.220 e. The van der Waals surface area contributed by atoms with Crippen molar-refractivity contribution in [2.24, 2.45) is 0 Å². The van der Waals surface area contributed by atoms with Crippen molar-refractivity contribution in [3.8, 4) is 5.75 Å². The Hall–Kier alpha value is -2.87. The first-order valence-corrected chi connectivity index (χ1v) is 9.46. The summed E-state index contributed by atoms with van der Waals surface area (Å²) in [5.41, 5.74) is 4.36. The predicted molar refractivity (Wildman–Crippen MR) is 107 cm³/mol. The minimum atomic E-state index is 0.0569. The van der Waals surface area contributed by atoms with Crippen molar-refractivity contribution < 1.29 is 9.53 Å². The summed E-state index contributed by atoms with van der Waals surface area (Å²) in [4.78, 5) is 27.3. The molecule has 1 atom stereocenters. The van der Waals surface area contributed by atoms with Gasteiger partial charge in [-0.15, -0.1) is 0 Å². The Bertz CT molecular complexity index is 1030. The van der Waals surface area contributed by atoms with E-state index in [2.05, 4.69) is 30.6 Å². The summed E-state index contributed by atoms with van der Waals surface area (Å²) < 4.78 is 5.75. The first-order valence-electron chi connectivity index (χ1n) is 9.09. The van der Waals surface area contributed by atoms with E-state index in [0.717, 1.165) is 22.4 Å². The van der Waals surface area contributed by atoms with E-state index in [1.807, 2.05) is 13.0 Å². The van der Waals surface area contributed by atoms with E-state index in [-0.39, 0.29) is 11.8 Å². The number of aromatic nitrogens is 4. The number of fused-ring (bicyclic) bond motifs is 1. The van der Waals surface area contributed by atoms with Crippen LogP contribution in [0.4, 0.5) is 5.82 Å². The average Bonchev–Trinajstić information content (AvgIpc) is 3.33. The molecule has 1 aliphatic rings. The number of imidazole rings is 1. The molecule has 0 spiro atoms. The van der Waals surface area contributed by atoms with Crippen LogP contribution in [0.3, 0.4) is 0 Å². The smallest absolute Gasteiger partial charge is 0.220 e. The molecule has 0 radical (unpaired) electrons. The van der Waals surface area contributed by atoms with Crippen LogP contribution in [-0.2, 0) is 11.2 Å². The molecule has 3 N–H and O–H groups in total. The standard InChI is InChI=1S/C19H21ClN6O2/c1-10-13(20)5-11(17(28-2)15(10)12-6-14(27)22-7-12)3-4-21-18-16-19(24-8-23-16)26-9-25-18/h5,8-9,12H,3-4,6-7H2,1-2H3,(H,22,27)(H2,21,23,24,25,26). The quantitative estimate of drug-likeness (QED) is 0.587. The third kappa shape index (κ3) is 3.35. The second-order valence-corrected chi connectivity index (χ2v) is 7.20. The van der Waals surface area contributed by atoms with Crippen molar-refractivity contribution in [2.75, 3.05) is 25.5 Å². The van der Waals surface area contributed by atoms with Gasteiger partial charge in [0.2, 0.25) is 5.91 Å². The van der Waals surface area contributed by atoms with Gasteiger partial charge >= 0.3 is 0 Å². The Kier molecular flexibility index (Phi) is 5.04. The van der Waals surface area contributed by atoms with E-state index in [9.17, 15) is 4.79 Å². The van der Waals surface area contributed by atoms with Crippen LogP contribution in [0.1, 0.15) is 29.0 Å². The largest absolute Gasteiger partial charge is 0.496 e. The van der Waals surface area contributed by atoms with Crippen LogP contribution in [-0.4, -0.2) is 46.0 Å². The molecule has 1 saturated heterocycles. The minimum Gasteiger partial charge on any atom is -0.496 e. The number of ether oxygens (including phenoxy) is 1. The van der Waals surface area contributed by atoms with Gasteiger partial charge in [0.1, 0.15) is 17.6 Å². The Labute approximate surface area is 167 Å². The van der Waals surface area contributed by atoms with Crippen molar-refractivity contribution in [3.05, 3.63) is 40.4 Å². The van der Waals surface area contributed by atoms with Gasteiger partial charge in [0.15, 0.2) is 11.5 Å². The SMILES string of the molecule is COc1c(CCNc2ncnc3[nH]cnc23)cc(Cl)c(C)c1C1CNC(=O)C1. The third-order valence-corrected chi connectivity index (χ3v) is 5.49. The Balaban J connectivity index is 1.58. The lowest BCUT2D eigenvalue weighted by molar-refractivity contribution is -0.119. The molecule has 8 nitrogen and oxygen atoms in total. The number of hydrogen-bond acceptors (Lipinski definition) is 6. The molecule has 1 aliphatic heterocycles. The maximum absolute atomic E-state index is 11.7. The molecule has 146 valence electrons. The predicted octanol–water partition coefficient (Wildman–Crippen LogP) is 2.58. The van der Waals surface area contributed by atoms with Crippen LogP contribution in [0.25, 0.3) is 11.2 Å². The van der Waals surface area contributed by atoms with Gasteiger partial charge in [-0.05, 0) is 30.5 Å². The normalized spacial score (nSPS) is 16.4. The summed E-state index contributed by atoms with van der Waals surface area (Å²) in [5, 5.41) is 6.88. The number of anilines is 1. The van der Waals surface area contributed by atoms with Gasteiger partial charge < -0.3 is 20.4 Å². The molecule has 9 heteroatoms. The number of carbonyl (C=O) groups excluding carboxylic acids is 1. The number of halogens is 1. The Morgan fingerprint density at radius 3 is 2.96 bits per heavy atom. The van der Waals surface area contributed by atoms with Crippen LogP contribution >= 0.6 is 11.6 Å². The fraction of sp³-hybridized carbons (Fsp3) is 0.368. The number of hydrogen-bond donors (Lipinski definition) is 3. The summed E-state index contributed by atoms with van der Waals surface area (Å²) in [6, 6.07) is 1.94. The van der Waals surface area contributed by atoms with Crippen molar-refractivity contribution in [2.45, 2.75) is 25.7 Å². The minimum absolute atomic E-state index is 0.0569. The second kappa shape index (κ2) is 7.63. The number of aromatic amines is 1. The number of rotatable bonds is 6. The summed E-state index contributed by atoms with van der Waals surface area (Å²) in [7, 11) is 1.66. The van der Waals surface area contributed by atoms with E-state index in [1.165, 1.54) is 6.33 Å². The highest BCUT2D eigenvalue weighted by Gasteiger charge is 2.29. The Morgan fingerprint density at radius 1 is 1.36 bits per heavy atom. The molecule has 0 aliphatic carbocycles. The molecule has 1 aromatic carbocycles. The molecule has 1 unspecified atom stereocenters.